The van der Waals surface area contributed by atoms with Crippen LogP contribution in [-0.4, -0.2) is 36.8 Å². The maximum atomic E-state index is 11.5. The van der Waals surface area contributed by atoms with Crippen LogP contribution in [0.5, 0.6) is 11.5 Å². The van der Waals surface area contributed by atoms with Gasteiger partial charge in [-0.2, -0.15) is 0 Å². The predicted molar refractivity (Wildman–Crippen MR) is 98.6 cm³/mol. The van der Waals surface area contributed by atoms with Gasteiger partial charge in [-0.15, -0.1) is 23.5 Å². The Bertz CT molecular complexity index is 590. The molecule has 4 nitrogen and oxygen atoms in total. The molecule has 2 rings (SSSR count). The van der Waals surface area contributed by atoms with Gasteiger partial charge in [0.25, 0.3) is 0 Å². The highest BCUT2D eigenvalue weighted by Crippen LogP contribution is 2.28. The molecule has 1 N–H and O–H groups in total. The normalized spacial score (nSPS) is 10.6. The van der Waals surface area contributed by atoms with Crippen molar-refractivity contribution in [3.8, 4) is 11.5 Å². The van der Waals surface area contributed by atoms with Gasteiger partial charge in [0.2, 0.25) is 0 Å². The lowest BCUT2D eigenvalue weighted by atomic mass is 10.2. The van der Waals surface area contributed by atoms with E-state index < -0.39 is 11.9 Å². The van der Waals surface area contributed by atoms with Crippen LogP contribution >= 0.6 is 23.5 Å². The molecule has 0 radical (unpaired) electrons. The van der Waals surface area contributed by atoms with E-state index in [9.17, 15) is 9.90 Å². The molecule has 0 aliphatic carbocycles. The standard InChI is InChI=1S/C18H20O4S2/c1-21-14-3-7-16(8-4-14)23-11-13(18(19)20)12-24-17-9-5-15(22-2)6-10-17/h3-10,13H,11-12H2,1-2H3,(H,19,20). The van der Waals surface area contributed by atoms with E-state index in [2.05, 4.69) is 0 Å². The number of carboxylic acids is 1. The molecule has 24 heavy (non-hydrogen) atoms. The van der Waals surface area contributed by atoms with E-state index in [1.165, 1.54) is 0 Å². The molecular formula is C18H20O4S2. The molecule has 0 aliphatic heterocycles. The minimum atomic E-state index is -0.767. The lowest BCUT2D eigenvalue weighted by Gasteiger charge is -2.12. The predicted octanol–water partition coefficient (Wildman–Crippen LogP) is 4.29. The van der Waals surface area contributed by atoms with Gasteiger partial charge in [-0.25, -0.2) is 0 Å². The SMILES string of the molecule is COc1ccc(SCC(CSc2ccc(OC)cc2)C(=O)O)cc1. The molecule has 0 heterocycles. The van der Waals surface area contributed by atoms with E-state index in [4.69, 9.17) is 9.47 Å². The van der Waals surface area contributed by atoms with E-state index in [-0.39, 0.29) is 0 Å². The van der Waals surface area contributed by atoms with Crippen LogP contribution in [0.3, 0.4) is 0 Å². The first-order valence-corrected chi connectivity index (χ1v) is 9.36. The van der Waals surface area contributed by atoms with E-state index in [0.29, 0.717) is 11.5 Å². The molecular weight excluding hydrogens is 344 g/mol. The topological polar surface area (TPSA) is 55.8 Å². The van der Waals surface area contributed by atoms with Gasteiger partial charge in [0.1, 0.15) is 11.5 Å². The summed E-state index contributed by atoms with van der Waals surface area (Å²) >= 11 is 3.10. The second-order valence-electron chi connectivity index (χ2n) is 5.01. The molecule has 0 saturated carbocycles. The summed E-state index contributed by atoms with van der Waals surface area (Å²) in [6.45, 7) is 0. The van der Waals surface area contributed by atoms with Gasteiger partial charge in [0, 0.05) is 21.3 Å². The first kappa shape index (κ1) is 18.5. The lowest BCUT2D eigenvalue weighted by molar-refractivity contribution is -0.140. The third-order valence-electron chi connectivity index (χ3n) is 3.37. The molecule has 0 fully saturated rings. The van der Waals surface area contributed by atoms with Crippen molar-refractivity contribution in [2.75, 3.05) is 25.7 Å². The van der Waals surface area contributed by atoms with Gasteiger partial charge in [0.15, 0.2) is 0 Å². The second kappa shape index (κ2) is 9.49. The van der Waals surface area contributed by atoms with E-state index >= 15 is 0 Å². The fraction of sp³-hybridized carbons (Fsp3) is 0.278. The van der Waals surface area contributed by atoms with Crippen LogP contribution in [0, 0.1) is 5.92 Å². The largest absolute Gasteiger partial charge is 0.497 e. The fourth-order valence-electron chi connectivity index (χ4n) is 1.93. The average Bonchev–Trinajstić information content (AvgIpc) is 2.62. The van der Waals surface area contributed by atoms with Gasteiger partial charge in [0.05, 0.1) is 20.1 Å². The van der Waals surface area contributed by atoms with Gasteiger partial charge in [-0.05, 0) is 48.5 Å². The summed E-state index contributed by atoms with van der Waals surface area (Å²) in [7, 11) is 3.25. The Morgan fingerprint density at radius 2 is 1.25 bits per heavy atom. The molecule has 0 aromatic heterocycles. The lowest BCUT2D eigenvalue weighted by Crippen LogP contribution is -2.18. The number of hydrogen-bond acceptors (Lipinski definition) is 5. The molecule has 0 saturated heterocycles. The number of methoxy groups -OCH3 is 2. The van der Waals surface area contributed by atoms with Crippen molar-refractivity contribution in [3.05, 3.63) is 48.5 Å². The van der Waals surface area contributed by atoms with Gasteiger partial charge in [-0.1, -0.05) is 0 Å². The molecule has 2 aromatic carbocycles. The number of rotatable bonds is 9. The molecule has 0 aliphatic rings. The van der Waals surface area contributed by atoms with Crippen molar-refractivity contribution in [3.63, 3.8) is 0 Å². The van der Waals surface area contributed by atoms with Crippen molar-refractivity contribution in [2.45, 2.75) is 9.79 Å². The highest BCUT2D eigenvalue weighted by molar-refractivity contribution is 8.00. The molecule has 0 spiro atoms. The van der Waals surface area contributed by atoms with Crippen LogP contribution in [0.4, 0.5) is 0 Å². The maximum absolute atomic E-state index is 11.5. The number of ether oxygens (including phenoxy) is 2. The second-order valence-corrected chi connectivity index (χ2v) is 7.20. The van der Waals surface area contributed by atoms with Crippen molar-refractivity contribution >= 4 is 29.5 Å². The zero-order valence-corrected chi connectivity index (χ0v) is 15.2. The van der Waals surface area contributed by atoms with Crippen molar-refractivity contribution < 1.29 is 19.4 Å². The average molecular weight is 364 g/mol. The Labute approximate surface area is 150 Å². The number of benzene rings is 2. The summed E-state index contributed by atoms with van der Waals surface area (Å²) in [5.41, 5.74) is 0. The molecule has 6 heteroatoms. The molecule has 0 atom stereocenters. The smallest absolute Gasteiger partial charge is 0.308 e. The minimum absolute atomic E-state index is 0.413. The summed E-state index contributed by atoms with van der Waals surface area (Å²) < 4.78 is 10.2. The zero-order chi connectivity index (χ0) is 17.4. The van der Waals surface area contributed by atoms with E-state index in [0.717, 1.165) is 21.3 Å². The summed E-state index contributed by atoms with van der Waals surface area (Å²) in [6, 6.07) is 15.3. The number of aliphatic carboxylic acids is 1. The summed E-state index contributed by atoms with van der Waals surface area (Å²) in [5, 5.41) is 9.43. The van der Waals surface area contributed by atoms with Crippen LogP contribution < -0.4 is 9.47 Å². The monoisotopic (exact) mass is 364 g/mol. The van der Waals surface area contributed by atoms with Crippen LogP contribution in [0.2, 0.25) is 0 Å². The van der Waals surface area contributed by atoms with Crippen LogP contribution in [0.25, 0.3) is 0 Å². The molecule has 128 valence electrons. The van der Waals surface area contributed by atoms with Crippen molar-refractivity contribution in [1.82, 2.24) is 0 Å². The Morgan fingerprint density at radius 1 is 0.875 bits per heavy atom. The quantitative estimate of drug-likeness (QED) is 0.670. The van der Waals surface area contributed by atoms with Crippen molar-refractivity contribution in [2.24, 2.45) is 5.92 Å². The number of hydrogen-bond donors (Lipinski definition) is 1. The third kappa shape index (κ3) is 5.69. The Kier molecular flexibility index (Phi) is 7.34. The number of carbonyl (C=O) groups is 1. The Morgan fingerprint density at radius 3 is 1.54 bits per heavy atom. The van der Waals surface area contributed by atoms with E-state index in [1.54, 1.807) is 37.7 Å². The maximum Gasteiger partial charge on any atom is 0.308 e. The van der Waals surface area contributed by atoms with Gasteiger partial charge in [-0.3, -0.25) is 4.79 Å². The van der Waals surface area contributed by atoms with Crippen LogP contribution in [-0.2, 0) is 4.79 Å². The minimum Gasteiger partial charge on any atom is -0.497 e. The first-order valence-electron chi connectivity index (χ1n) is 7.39. The molecule has 0 unspecified atom stereocenters. The molecule has 2 aromatic rings. The number of thioether (sulfide) groups is 2. The summed E-state index contributed by atoms with van der Waals surface area (Å²) in [4.78, 5) is 13.6. The highest BCUT2D eigenvalue weighted by Gasteiger charge is 2.18. The zero-order valence-electron chi connectivity index (χ0n) is 13.6. The summed E-state index contributed by atoms with van der Waals surface area (Å²) in [6.07, 6.45) is 0. The van der Waals surface area contributed by atoms with Crippen molar-refractivity contribution in [1.29, 1.82) is 0 Å². The van der Waals surface area contributed by atoms with Crippen LogP contribution in [0.15, 0.2) is 58.3 Å². The highest BCUT2D eigenvalue weighted by atomic mass is 32.2. The Hall–Kier alpha value is -1.79. The van der Waals surface area contributed by atoms with E-state index in [1.807, 2.05) is 48.5 Å². The first-order chi connectivity index (χ1) is 11.6. The summed E-state index contributed by atoms with van der Waals surface area (Å²) in [5.74, 6) is 1.48. The fourth-order valence-corrected chi connectivity index (χ4v) is 4.04. The van der Waals surface area contributed by atoms with Gasteiger partial charge >= 0.3 is 5.97 Å². The third-order valence-corrected chi connectivity index (χ3v) is 5.72. The van der Waals surface area contributed by atoms with Crippen LogP contribution in [0.1, 0.15) is 0 Å². The Balaban J connectivity index is 1.87. The number of carboxylic acid groups (broad SMARTS) is 1. The molecule has 0 amide bonds. The van der Waals surface area contributed by atoms with Gasteiger partial charge < -0.3 is 14.6 Å². The molecule has 0 bridgehead atoms.